The molecule has 3 aliphatic rings. The predicted molar refractivity (Wildman–Crippen MR) is 237 cm³/mol. The summed E-state index contributed by atoms with van der Waals surface area (Å²) in [7, 11) is 0. The number of rotatable bonds is 14. The Morgan fingerprint density at radius 3 is 2.48 bits per heavy atom. The molecule has 0 spiro atoms. The van der Waals surface area contributed by atoms with Gasteiger partial charge in [-0.15, -0.1) is 0 Å². The molecule has 5 aromatic heterocycles. The van der Waals surface area contributed by atoms with E-state index in [4.69, 9.17) is 10.2 Å². The molecule has 1 aromatic carbocycles. The molecule has 64 heavy (non-hydrogen) atoms. The highest BCUT2D eigenvalue weighted by Crippen LogP contribution is 2.38. The minimum absolute atomic E-state index is 0.0230. The minimum atomic E-state index is -2.87. The van der Waals surface area contributed by atoms with Gasteiger partial charge in [0.25, 0.3) is 12.3 Å². The van der Waals surface area contributed by atoms with E-state index in [1.807, 2.05) is 41.8 Å². The van der Waals surface area contributed by atoms with Crippen LogP contribution in [0.3, 0.4) is 0 Å². The van der Waals surface area contributed by atoms with E-state index in [-0.39, 0.29) is 35.0 Å². The Balaban J connectivity index is 0.789. The van der Waals surface area contributed by atoms with Crippen molar-refractivity contribution < 1.29 is 28.9 Å². The van der Waals surface area contributed by atoms with Crippen LogP contribution in [0.2, 0.25) is 0 Å². The predicted octanol–water partition coefficient (Wildman–Crippen LogP) is 5.86. The Hall–Kier alpha value is -5.34. The van der Waals surface area contributed by atoms with E-state index in [1.165, 1.54) is 16.9 Å². The van der Waals surface area contributed by atoms with Gasteiger partial charge in [0.05, 0.1) is 53.5 Å². The van der Waals surface area contributed by atoms with Crippen LogP contribution in [0.5, 0.6) is 0 Å². The second kappa shape index (κ2) is 18.6. The number of aromatic nitrogens is 9. The SMILES string of the molecule is CCCN(C[C@@H](C)O)c1ccn2ncc(C(=O)Nc3cn(C4CCC(CN5CCC(n6cc(-c7cccc8c7c(C)nn8[C@@H]7CC[C@@H](O)N[C@@H]7O)cn6)CC5)CC4)nc3C(F)F)c2n1. The maximum absolute atomic E-state index is 14.3. The van der Waals surface area contributed by atoms with Gasteiger partial charge < -0.3 is 30.4 Å². The molecule has 1 amide bonds. The number of anilines is 2. The van der Waals surface area contributed by atoms with Crippen molar-refractivity contribution in [3.05, 3.63) is 72.2 Å². The number of aryl methyl sites for hydroxylation is 1. The number of aliphatic hydroxyl groups is 3. The Morgan fingerprint density at radius 2 is 1.75 bits per heavy atom. The lowest BCUT2D eigenvalue weighted by Gasteiger charge is -2.36. The Kier molecular flexibility index (Phi) is 12.8. The lowest BCUT2D eigenvalue weighted by atomic mass is 9.85. The molecule has 0 unspecified atom stereocenters. The number of amides is 1. The monoisotopic (exact) mass is 883 g/mol. The number of carbonyl (C=O) groups excluding carboxylic acids is 1. The van der Waals surface area contributed by atoms with Crippen LogP contribution in [-0.2, 0) is 0 Å². The molecule has 3 fully saturated rings. The number of nitrogens with zero attached hydrogens (tertiary/aromatic N) is 11. The van der Waals surface area contributed by atoms with Gasteiger partial charge in [-0.2, -0.15) is 20.4 Å². The van der Waals surface area contributed by atoms with Gasteiger partial charge in [-0.25, -0.2) is 18.3 Å². The number of carbonyl (C=O) groups is 1. The van der Waals surface area contributed by atoms with E-state index in [9.17, 15) is 28.9 Å². The van der Waals surface area contributed by atoms with Crippen molar-refractivity contribution >= 4 is 34.0 Å². The van der Waals surface area contributed by atoms with Gasteiger partial charge in [0, 0.05) is 62.3 Å². The molecule has 19 heteroatoms. The first-order valence-electron chi connectivity index (χ1n) is 22.8. The van der Waals surface area contributed by atoms with Crippen LogP contribution >= 0.6 is 0 Å². The molecule has 342 valence electrons. The molecular weight excluding hydrogens is 825 g/mol. The summed E-state index contributed by atoms with van der Waals surface area (Å²) in [5.74, 6) is 0.476. The van der Waals surface area contributed by atoms with Crippen LogP contribution in [0.15, 0.2) is 55.2 Å². The normalized spacial score (nSPS) is 23.0. The first-order valence-corrected chi connectivity index (χ1v) is 22.8. The zero-order valence-electron chi connectivity index (χ0n) is 36.6. The molecule has 0 radical (unpaired) electrons. The van der Waals surface area contributed by atoms with Crippen molar-refractivity contribution in [2.45, 2.75) is 122 Å². The van der Waals surface area contributed by atoms with Crippen LogP contribution in [0, 0.1) is 12.8 Å². The smallest absolute Gasteiger partial charge is 0.284 e. The second-order valence-electron chi connectivity index (χ2n) is 18.0. The molecule has 0 bridgehead atoms. The average molecular weight is 884 g/mol. The maximum atomic E-state index is 14.3. The number of piperidine rings is 2. The number of fused-ring (bicyclic) bond motifs is 2. The highest BCUT2D eigenvalue weighted by atomic mass is 19.3. The van der Waals surface area contributed by atoms with E-state index in [2.05, 4.69) is 47.7 Å². The lowest BCUT2D eigenvalue weighted by Crippen LogP contribution is -2.48. The minimum Gasteiger partial charge on any atom is -0.392 e. The molecule has 6 aromatic rings. The summed E-state index contributed by atoms with van der Waals surface area (Å²) in [4.78, 5) is 22.7. The molecule has 9 rings (SSSR count). The van der Waals surface area contributed by atoms with Crippen molar-refractivity contribution in [3.8, 4) is 11.1 Å². The largest absolute Gasteiger partial charge is 0.392 e. The molecule has 2 aliphatic heterocycles. The molecule has 4 atom stereocenters. The van der Waals surface area contributed by atoms with Gasteiger partial charge >= 0.3 is 0 Å². The third kappa shape index (κ3) is 9.00. The number of alkyl halides is 2. The number of likely N-dealkylation sites (tertiary alicyclic amines) is 1. The summed E-state index contributed by atoms with van der Waals surface area (Å²) in [5.41, 5.74) is 3.86. The summed E-state index contributed by atoms with van der Waals surface area (Å²) >= 11 is 0. The highest BCUT2D eigenvalue weighted by Gasteiger charge is 2.33. The zero-order chi connectivity index (χ0) is 44.6. The van der Waals surface area contributed by atoms with Crippen LogP contribution in [0.1, 0.15) is 118 Å². The van der Waals surface area contributed by atoms with Crippen LogP contribution in [0.25, 0.3) is 27.7 Å². The molecule has 1 saturated carbocycles. The molecule has 1 aliphatic carbocycles. The van der Waals surface area contributed by atoms with Crippen LogP contribution < -0.4 is 15.5 Å². The summed E-state index contributed by atoms with van der Waals surface area (Å²) < 4.78 is 35.8. The van der Waals surface area contributed by atoms with E-state index in [1.54, 1.807) is 23.9 Å². The summed E-state index contributed by atoms with van der Waals surface area (Å²) in [6.45, 7) is 9.69. The Bertz CT molecular complexity index is 2550. The molecule has 17 nitrogen and oxygen atoms in total. The number of aliphatic hydroxyl groups excluding tert-OH is 3. The first-order chi connectivity index (χ1) is 30.9. The second-order valence-corrected chi connectivity index (χ2v) is 18.0. The number of halogens is 2. The molecule has 5 N–H and O–H groups in total. The van der Waals surface area contributed by atoms with E-state index >= 15 is 0 Å². The molecule has 7 heterocycles. The highest BCUT2D eigenvalue weighted by molar-refractivity contribution is 6.08. The van der Waals surface area contributed by atoms with Crippen molar-refractivity contribution in [3.63, 3.8) is 0 Å². The fourth-order valence-corrected chi connectivity index (χ4v) is 10.1. The number of nitrogens with one attached hydrogen (secondary N) is 2. The van der Waals surface area contributed by atoms with Crippen molar-refractivity contribution in [2.75, 3.05) is 42.9 Å². The van der Waals surface area contributed by atoms with Gasteiger partial charge in [0.1, 0.15) is 23.8 Å². The molecule has 2 saturated heterocycles. The third-order valence-corrected chi connectivity index (χ3v) is 13.4. The van der Waals surface area contributed by atoms with Gasteiger partial charge in [0.15, 0.2) is 11.3 Å². The maximum Gasteiger partial charge on any atom is 0.284 e. The molecular formula is C45H59F2N13O4. The fraction of sp³-hybridized carbons (Fsp3) is 0.556. The van der Waals surface area contributed by atoms with Crippen molar-refractivity contribution in [2.24, 2.45) is 5.92 Å². The van der Waals surface area contributed by atoms with Gasteiger partial charge in [0.2, 0.25) is 0 Å². The lowest BCUT2D eigenvalue weighted by molar-refractivity contribution is -0.0297. The van der Waals surface area contributed by atoms with Crippen LogP contribution in [-0.4, -0.2) is 121 Å². The van der Waals surface area contributed by atoms with Gasteiger partial charge in [-0.3, -0.25) is 24.2 Å². The van der Waals surface area contributed by atoms with E-state index in [0.29, 0.717) is 37.7 Å². The Morgan fingerprint density at radius 1 is 0.969 bits per heavy atom. The third-order valence-electron chi connectivity index (χ3n) is 13.4. The summed E-state index contributed by atoms with van der Waals surface area (Å²) in [6.07, 6.45) is 11.1. The Labute approximate surface area is 370 Å². The van der Waals surface area contributed by atoms with Crippen LogP contribution in [0.4, 0.5) is 20.3 Å². The number of hydrogen-bond acceptors (Lipinski definition) is 12. The van der Waals surface area contributed by atoms with Crippen molar-refractivity contribution in [1.29, 1.82) is 0 Å². The quantitative estimate of drug-likeness (QED) is 0.0877. The van der Waals surface area contributed by atoms with Crippen molar-refractivity contribution in [1.82, 2.24) is 54.2 Å². The summed E-state index contributed by atoms with van der Waals surface area (Å²) in [6, 6.07) is 7.88. The topological polar surface area (TPSA) is 192 Å². The fourth-order valence-electron chi connectivity index (χ4n) is 10.1. The zero-order valence-corrected chi connectivity index (χ0v) is 36.6. The summed E-state index contributed by atoms with van der Waals surface area (Å²) in [5, 5.41) is 55.5. The standard InChI is InChI=1S/C45H59F2N13O4/c1-4-17-56(23-27(2)61)38-16-20-57-43(51-38)34(22-49-57)44(63)50-35-26-59(54-41(35)42(46)47)31-10-8-29(9-11-31)24-55-18-14-32(15-19-55)58-25-30(21-48-58)33-6-5-7-36-40(33)28(3)53-60(36)37-12-13-39(62)52-45(37)64/h5-7,16,20-22,25-27,29,31-32,37,39,42,45,52,61-62,64H,4,8-15,17-19,23-24H2,1-3H3,(H,50,63)/t27-,29?,31?,37-,39-,45-/m1/s1. The number of benzene rings is 1. The van der Waals surface area contributed by atoms with E-state index < -0.39 is 36.6 Å². The van der Waals surface area contributed by atoms with E-state index in [0.717, 1.165) is 92.3 Å². The first kappa shape index (κ1) is 43.9. The average Bonchev–Trinajstić information content (AvgIpc) is 4.10. The number of hydrogen-bond donors (Lipinski definition) is 5. The van der Waals surface area contributed by atoms with Gasteiger partial charge in [-0.1, -0.05) is 19.1 Å². The van der Waals surface area contributed by atoms with Gasteiger partial charge in [-0.05, 0) is 95.2 Å².